The molecule has 0 aliphatic rings. The lowest BCUT2D eigenvalue weighted by atomic mass is 9.88. The third-order valence-corrected chi connectivity index (χ3v) is 3.14. The van der Waals surface area contributed by atoms with Crippen molar-refractivity contribution >= 4 is 17.5 Å². The Labute approximate surface area is 114 Å². The zero-order chi connectivity index (χ0) is 13.6. The molecule has 0 saturated carbocycles. The molecule has 1 aromatic heterocycles. The fraction of sp³-hybridized carbons (Fsp3) is 0.571. The van der Waals surface area contributed by atoms with Crippen LogP contribution in [0.2, 0.25) is 0 Å². The van der Waals surface area contributed by atoms with Crippen LogP contribution in [0.5, 0.6) is 0 Å². The molecule has 0 atom stereocenters. The van der Waals surface area contributed by atoms with Gasteiger partial charge in [-0.05, 0) is 37.3 Å². The third kappa shape index (κ3) is 5.05. The molecule has 0 aliphatic heterocycles. The van der Waals surface area contributed by atoms with E-state index < -0.39 is 0 Å². The number of rotatable bonds is 6. The molecular formula is C14H21ClN2O. The number of aryl methyl sites for hydroxylation is 1. The van der Waals surface area contributed by atoms with Crippen LogP contribution in [0.1, 0.15) is 42.7 Å². The maximum absolute atomic E-state index is 12.0. The number of alkyl halides is 1. The highest BCUT2D eigenvalue weighted by atomic mass is 35.5. The predicted octanol–water partition coefficient (Wildman–Crippen LogP) is 3.17. The lowest BCUT2D eigenvalue weighted by Gasteiger charge is -2.24. The van der Waals surface area contributed by atoms with Gasteiger partial charge >= 0.3 is 0 Å². The molecule has 0 spiro atoms. The molecule has 0 unspecified atom stereocenters. The monoisotopic (exact) mass is 268 g/mol. The molecule has 1 N–H and O–H groups in total. The Kier molecular flexibility index (Phi) is 5.60. The quantitative estimate of drug-likeness (QED) is 0.806. The minimum atomic E-state index is -0.0422. The van der Waals surface area contributed by atoms with Gasteiger partial charge in [0.1, 0.15) is 0 Å². The summed E-state index contributed by atoms with van der Waals surface area (Å²) in [6.07, 6.45) is 3.63. The Balaban J connectivity index is 2.50. The highest BCUT2D eigenvalue weighted by Crippen LogP contribution is 2.21. The molecule has 1 heterocycles. The number of nitrogens with zero attached hydrogens (tertiary/aromatic N) is 1. The van der Waals surface area contributed by atoms with Crippen molar-refractivity contribution in [3.05, 3.63) is 29.6 Å². The third-order valence-electron chi connectivity index (χ3n) is 2.87. The van der Waals surface area contributed by atoms with E-state index in [9.17, 15) is 4.79 Å². The van der Waals surface area contributed by atoms with Gasteiger partial charge in [-0.25, -0.2) is 0 Å². The molecule has 0 aromatic carbocycles. The second kappa shape index (κ2) is 6.74. The summed E-state index contributed by atoms with van der Waals surface area (Å²) >= 11 is 5.69. The van der Waals surface area contributed by atoms with Crippen molar-refractivity contribution in [1.29, 1.82) is 0 Å². The fourth-order valence-corrected chi connectivity index (χ4v) is 1.88. The van der Waals surface area contributed by atoms with Crippen LogP contribution < -0.4 is 5.32 Å². The Hall–Kier alpha value is -1.09. The number of halogens is 1. The highest BCUT2D eigenvalue weighted by molar-refractivity contribution is 6.17. The SMILES string of the molecule is Cc1cc(C(=O)NCC(C)(C)CCCCl)ccn1. The predicted molar refractivity (Wildman–Crippen MR) is 75.0 cm³/mol. The first-order valence-electron chi connectivity index (χ1n) is 6.21. The van der Waals surface area contributed by atoms with Crippen molar-refractivity contribution in [2.75, 3.05) is 12.4 Å². The zero-order valence-corrected chi connectivity index (χ0v) is 12.0. The summed E-state index contributed by atoms with van der Waals surface area (Å²) in [6, 6.07) is 3.52. The minimum absolute atomic E-state index is 0.0422. The van der Waals surface area contributed by atoms with E-state index in [0.717, 1.165) is 18.5 Å². The number of nitrogens with one attached hydrogen (secondary N) is 1. The summed E-state index contributed by atoms with van der Waals surface area (Å²) < 4.78 is 0. The van der Waals surface area contributed by atoms with Crippen LogP contribution in [-0.4, -0.2) is 23.3 Å². The molecule has 0 saturated heterocycles. The van der Waals surface area contributed by atoms with Crippen LogP contribution in [0.15, 0.2) is 18.3 Å². The van der Waals surface area contributed by atoms with Crippen LogP contribution in [0.3, 0.4) is 0 Å². The molecule has 0 bridgehead atoms. The van der Waals surface area contributed by atoms with Crippen LogP contribution in [-0.2, 0) is 0 Å². The summed E-state index contributed by atoms with van der Waals surface area (Å²) in [6.45, 7) is 6.81. The first kappa shape index (κ1) is 15.0. The number of pyridine rings is 1. The van der Waals surface area contributed by atoms with Gasteiger partial charge < -0.3 is 5.32 Å². The molecule has 1 rings (SSSR count). The van der Waals surface area contributed by atoms with Gasteiger partial charge in [0.2, 0.25) is 0 Å². The minimum Gasteiger partial charge on any atom is -0.352 e. The lowest BCUT2D eigenvalue weighted by molar-refractivity contribution is 0.0934. The second-order valence-corrected chi connectivity index (χ2v) is 5.70. The van der Waals surface area contributed by atoms with Crippen molar-refractivity contribution < 1.29 is 4.79 Å². The standard InChI is InChI=1S/C14H21ClN2O/c1-11-9-12(5-8-16-11)13(18)17-10-14(2,3)6-4-7-15/h5,8-9H,4,6-7,10H2,1-3H3,(H,17,18). The van der Waals surface area contributed by atoms with Gasteiger partial charge in [0.05, 0.1) is 0 Å². The summed E-state index contributed by atoms with van der Waals surface area (Å²) in [4.78, 5) is 16.0. The van der Waals surface area contributed by atoms with Gasteiger partial charge in [0.15, 0.2) is 0 Å². The summed E-state index contributed by atoms with van der Waals surface area (Å²) in [7, 11) is 0. The average molecular weight is 269 g/mol. The fourth-order valence-electron chi connectivity index (χ4n) is 1.74. The van der Waals surface area contributed by atoms with Crippen molar-refractivity contribution in [2.24, 2.45) is 5.41 Å². The van der Waals surface area contributed by atoms with Crippen molar-refractivity contribution in [2.45, 2.75) is 33.6 Å². The Morgan fingerprint density at radius 3 is 2.83 bits per heavy atom. The van der Waals surface area contributed by atoms with Crippen LogP contribution in [0.25, 0.3) is 0 Å². The number of amides is 1. The maximum Gasteiger partial charge on any atom is 0.251 e. The zero-order valence-electron chi connectivity index (χ0n) is 11.3. The molecule has 1 aromatic rings. The smallest absolute Gasteiger partial charge is 0.251 e. The highest BCUT2D eigenvalue weighted by Gasteiger charge is 2.18. The molecule has 1 amide bonds. The molecule has 0 radical (unpaired) electrons. The summed E-state index contributed by atoms with van der Waals surface area (Å²) in [5.41, 5.74) is 1.59. The van der Waals surface area contributed by atoms with E-state index in [1.165, 1.54) is 0 Å². The number of hydrogen-bond donors (Lipinski definition) is 1. The number of aromatic nitrogens is 1. The largest absolute Gasteiger partial charge is 0.352 e. The molecule has 4 heteroatoms. The maximum atomic E-state index is 12.0. The number of hydrogen-bond acceptors (Lipinski definition) is 2. The molecular weight excluding hydrogens is 248 g/mol. The molecule has 0 aliphatic carbocycles. The van der Waals surface area contributed by atoms with Gasteiger partial charge in [0.25, 0.3) is 5.91 Å². The molecule has 3 nitrogen and oxygen atoms in total. The van der Waals surface area contributed by atoms with Gasteiger partial charge in [-0.2, -0.15) is 0 Å². The molecule has 100 valence electrons. The van der Waals surface area contributed by atoms with Crippen molar-refractivity contribution in [1.82, 2.24) is 10.3 Å². The first-order chi connectivity index (χ1) is 8.44. The van der Waals surface area contributed by atoms with Crippen LogP contribution >= 0.6 is 11.6 Å². The molecule has 0 fully saturated rings. The first-order valence-corrected chi connectivity index (χ1v) is 6.75. The van der Waals surface area contributed by atoms with E-state index >= 15 is 0 Å². The van der Waals surface area contributed by atoms with E-state index in [2.05, 4.69) is 24.1 Å². The normalized spacial score (nSPS) is 11.3. The van der Waals surface area contributed by atoms with Gasteiger partial charge in [-0.3, -0.25) is 9.78 Å². The van der Waals surface area contributed by atoms with E-state index in [1.807, 2.05) is 6.92 Å². The average Bonchev–Trinajstić information content (AvgIpc) is 2.34. The van der Waals surface area contributed by atoms with E-state index in [4.69, 9.17) is 11.6 Å². The Bertz CT molecular complexity index is 405. The van der Waals surface area contributed by atoms with E-state index in [0.29, 0.717) is 18.0 Å². The topological polar surface area (TPSA) is 42.0 Å². The Morgan fingerprint density at radius 1 is 1.50 bits per heavy atom. The van der Waals surface area contributed by atoms with Crippen LogP contribution in [0, 0.1) is 12.3 Å². The van der Waals surface area contributed by atoms with Gasteiger partial charge in [-0.1, -0.05) is 13.8 Å². The van der Waals surface area contributed by atoms with E-state index in [-0.39, 0.29) is 11.3 Å². The van der Waals surface area contributed by atoms with Gasteiger partial charge in [-0.15, -0.1) is 11.6 Å². The van der Waals surface area contributed by atoms with Crippen molar-refractivity contribution in [3.8, 4) is 0 Å². The van der Waals surface area contributed by atoms with Gasteiger partial charge in [0, 0.05) is 29.9 Å². The second-order valence-electron chi connectivity index (χ2n) is 5.33. The van der Waals surface area contributed by atoms with E-state index in [1.54, 1.807) is 18.3 Å². The number of carbonyl (C=O) groups excluding carboxylic acids is 1. The van der Waals surface area contributed by atoms with Crippen molar-refractivity contribution in [3.63, 3.8) is 0 Å². The molecule has 18 heavy (non-hydrogen) atoms. The number of carbonyl (C=O) groups is 1. The summed E-state index contributed by atoms with van der Waals surface area (Å²) in [5, 5.41) is 2.97. The summed E-state index contributed by atoms with van der Waals surface area (Å²) in [5.74, 6) is 0.625. The lowest BCUT2D eigenvalue weighted by Crippen LogP contribution is -2.34. The Morgan fingerprint density at radius 2 is 2.22 bits per heavy atom. The van der Waals surface area contributed by atoms with Crippen LogP contribution in [0.4, 0.5) is 0 Å².